The van der Waals surface area contributed by atoms with Crippen LogP contribution >= 0.6 is 0 Å². The maximum Gasteiger partial charge on any atom is 0.303 e. The first-order valence-electron chi connectivity index (χ1n) is 6.07. The molecule has 1 aliphatic rings. The maximum atomic E-state index is 12.0. The molecule has 2 rings (SSSR count). The highest BCUT2D eigenvalue weighted by Gasteiger charge is 2.32. The van der Waals surface area contributed by atoms with Gasteiger partial charge in [-0.05, 0) is 24.5 Å². The second-order valence-corrected chi connectivity index (χ2v) is 4.51. The smallest absolute Gasteiger partial charge is 0.303 e. The van der Waals surface area contributed by atoms with E-state index < -0.39 is 5.97 Å². The van der Waals surface area contributed by atoms with Gasteiger partial charge in [-0.25, -0.2) is 0 Å². The van der Waals surface area contributed by atoms with Gasteiger partial charge < -0.3 is 10.0 Å². The molecular weight excluding hydrogens is 232 g/mol. The summed E-state index contributed by atoms with van der Waals surface area (Å²) in [5.74, 6) is -1.01. The molecule has 1 aromatic rings. The zero-order valence-corrected chi connectivity index (χ0v) is 10.1. The minimum atomic E-state index is -0.930. The largest absolute Gasteiger partial charge is 0.481 e. The van der Waals surface area contributed by atoms with Gasteiger partial charge in [-0.3, -0.25) is 14.6 Å². The lowest BCUT2D eigenvalue weighted by Gasteiger charge is -2.22. The van der Waals surface area contributed by atoms with E-state index in [-0.39, 0.29) is 24.8 Å². The van der Waals surface area contributed by atoms with Gasteiger partial charge in [-0.1, -0.05) is 6.07 Å². The van der Waals surface area contributed by atoms with Gasteiger partial charge in [0.2, 0.25) is 5.91 Å². The number of nitrogens with zero attached hydrogens (tertiary/aromatic N) is 2. The highest BCUT2D eigenvalue weighted by Crippen LogP contribution is 2.29. The number of rotatable bonds is 6. The fraction of sp³-hybridized carbons (Fsp3) is 0.462. The van der Waals surface area contributed by atoms with E-state index >= 15 is 0 Å². The van der Waals surface area contributed by atoms with Crippen molar-refractivity contribution in [3.8, 4) is 0 Å². The van der Waals surface area contributed by atoms with Gasteiger partial charge in [0, 0.05) is 31.4 Å². The van der Waals surface area contributed by atoms with Gasteiger partial charge in [-0.2, -0.15) is 0 Å². The Bertz CT molecular complexity index is 429. The van der Waals surface area contributed by atoms with Crippen molar-refractivity contribution in [2.75, 3.05) is 0 Å². The molecule has 0 unspecified atom stereocenters. The van der Waals surface area contributed by atoms with Crippen molar-refractivity contribution in [3.05, 3.63) is 30.1 Å². The third-order valence-electron chi connectivity index (χ3n) is 2.94. The maximum absolute atomic E-state index is 12.0. The fourth-order valence-corrected chi connectivity index (χ4v) is 1.85. The molecule has 5 heteroatoms. The molecule has 1 heterocycles. The number of aromatic nitrogens is 1. The predicted molar refractivity (Wildman–Crippen MR) is 64.7 cm³/mol. The van der Waals surface area contributed by atoms with Gasteiger partial charge in [0.25, 0.3) is 0 Å². The molecule has 1 fully saturated rings. The van der Waals surface area contributed by atoms with Crippen LogP contribution in [-0.4, -0.2) is 32.9 Å². The van der Waals surface area contributed by atoms with Crippen LogP contribution in [0, 0.1) is 0 Å². The summed E-state index contributed by atoms with van der Waals surface area (Å²) in [4.78, 5) is 28.3. The second-order valence-electron chi connectivity index (χ2n) is 4.51. The standard InChI is InChI=1S/C13H16N2O3/c16-12(5-6-13(17)18)15(11-3-4-11)9-10-2-1-7-14-8-10/h1-2,7-8,11H,3-6,9H2,(H,17,18). The van der Waals surface area contributed by atoms with Crippen LogP contribution < -0.4 is 0 Å². The molecule has 5 nitrogen and oxygen atoms in total. The Kier molecular flexibility index (Phi) is 3.92. The predicted octanol–water partition coefficient (Wildman–Crippen LogP) is 1.44. The first-order valence-corrected chi connectivity index (χ1v) is 6.07. The van der Waals surface area contributed by atoms with Crippen LogP contribution in [0.15, 0.2) is 24.5 Å². The second kappa shape index (κ2) is 5.62. The van der Waals surface area contributed by atoms with E-state index in [2.05, 4.69) is 4.98 Å². The van der Waals surface area contributed by atoms with E-state index in [1.54, 1.807) is 17.3 Å². The Morgan fingerprint density at radius 2 is 2.17 bits per heavy atom. The number of carbonyl (C=O) groups excluding carboxylic acids is 1. The van der Waals surface area contributed by atoms with Crippen molar-refractivity contribution in [2.45, 2.75) is 38.3 Å². The molecule has 1 saturated carbocycles. The minimum absolute atomic E-state index is 0.0755. The van der Waals surface area contributed by atoms with Crippen molar-refractivity contribution in [1.82, 2.24) is 9.88 Å². The number of pyridine rings is 1. The molecule has 0 atom stereocenters. The lowest BCUT2D eigenvalue weighted by Crippen LogP contribution is -2.32. The third-order valence-corrected chi connectivity index (χ3v) is 2.94. The number of carbonyl (C=O) groups is 2. The first kappa shape index (κ1) is 12.5. The normalized spacial score (nSPS) is 14.2. The van der Waals surface area contributed by atoms with Gasteiger partial charge in [0.1, 0.15) is 0 Å². The summed E-state index contributed by atoms with van der Waals surface area (Å²) in [5.41, 5.74) is 0.980. The molecule has 0 spiro atoms. The van der Waals surface area contributed by atoms with Crippen LogP contribution in [0.4, 0.5) is 0 Å². The lowest BCUT2D eigenvalue weighted by molar-refractivity contribution is -0.141. The topological polar surface area (TPSA) is 70.5 Å². The molecule has 18 heavy (non-hydrogen) atoms. The average Bonchev–Trinajstić information content (AvgIpc) is 3.18. The molecule has 1 aromatic heterocycles. The molecule has 0 bridgehead atoms. The summed E-state index contributed by atoms with van der Waals surface area (Å²) in [6.45, 7) is 0.525. The zero-order chi connectivity index (χ0) is 13.0. The van der Waals surface area contributed by atoms with Crippen LogP contribution in [0.5, 0.6) is 0 Å². The van der Waals surface area contributed by atoms with Crippen molar-refractivity contribution >= 4 is 11.9 Å². The highest BCUT2D eigenvalue weighted by atomic mass is 16.4. The first-order chi connectivity index (χ1) is 8.66. The van der Waals surface area contributed by atoms with Crippen LogP contribution in [0.3, 0.4) is 0 Å². The molecule has 1 N–H and O–H groups in total. The average molecular weight is 248 g/mol. The van der Waals surface area contributed by atoms with Gasteiger partial charge >= 0.3 is 5.97 Å². The molecule has 1 amide bonds. The quantitative estimate of drug-likeness (QED) is 0.827. The monoisotopic (exact) mass is 248 g/mol. The number of carboxylic acids is 1. The fourth-order valence-electron chi connectivity index (χ4n) is 1.85. The van der Waals surface area contributed by atoms with Gasteiger partial charge in [0.15, 0.2) is 0 Å². The molecule has 0 saturated heterocycles. The summed E-state index contributed by atoms with van der Waals surface area (Å²) in [6.07, 6.45) is 5.43. The van der Waals surface area contributed by atoms with E-state index in [0.717, 1.165) is 18.4 Å². The molecule has 96 valence electrons. The molecule has 0 radical (unpaired) electrons. The van der Waals surface area contributed by atoms with Crippen molar-refractivity contribution in [2.24, 2.45) is 0 Å². The number of aliphatic carboxylic acids is 1. The Labute approximate surface area is 105 Å². The number of carboxylic acid groups (broad SMARTS) is 1. The highest BCUT2D eigenvalue weighted by molar-refractivity contribution is 5.81. The molecule has 0 aromatic carbocycles. The molecular formula is C13H16N2O3. The Balaban J connectivity index is 1.95. The van der Waals surface area contributed by atoms with Crippen LogP contribution in [0.25, 0.3) is 0 Å². The van der Waals surface area contributed by atoms with Gasteiger partial charge in [-0.15, -0.1) is 0 Å². The van der Waals surface area contributed by atoms with Crippen LogP contribution in [0.1, 0.15) is 31.2 Å². The van der Waals surface area contributed by atoms with Gasteiger partial charge in [0.05, 0.1) is 6.42 Å². The summed E-state index contributed by atoms with van der Waals surface area (Å²) < 4.78 is 0. The SMILES string of the molecule is O=C(O)CCC(=O)N(Cc1cccnc1)C1CC1. The summed E-state index contributed by atoms with van der Waals surface area (Å²) >= 11 is 0. The Morgan fingerprint density at radius 3 is 2.72 bits per heavy atom. The van der Waals surface area contributed by atoms with E-state index in [9.17, 15) is 9.59 Å². The number of hydrogen-bond donors (Lipinski definition) is 1. The summed E-state index contributed by atoms with van der Waals surface area (Å²) in [5, 5.41) is 8.61. The summed E-state index contributed by atoms with van der Waals surface area (Å²) in [7, 11) is 0. The lowest BCUT2D eigenvalue weighted by atomic mass is 10.2. The summed E-state index contributed by atoms with van der Waals surface area (Å²) in [6, 6.07) is 4.04. The van der Waals surface area contributed by atoms with Crippen LogP contribution in [-0.2, 0) is 16.1 Å². The van der Waals surface area contributed by atoms with E-state index in [4.69, 9.17) is 5.11 Å². The third kappa shape index (κ3) is 3.55. The van der Waals surface area contributed by atoms with E-state index in [1.165, 1.54) is 0 Å². The van der Waals surface area contributed by atoms with Crippen molar-refractivity contribution < 1.29 is 14.7 Å². The minimum Gasteiger partial charge on any atom is -0.481 e. The van der Waals surface area contributed by atoms with E-state index in [0.29, 0.717) is 6.54 Å². The van der Waals surface area contributed by atoms with Crippen molar-refractivity contribution in [1.29, 1.82) is 0 Å². The molecule has 0 aliphatic heterocycles. The number of hydrogen-bond acceptors (Lipinski definition) is 3. The zero-order valence-electron chi connectivity index (χ0n) is 10.1. The van der Waals surface area contributed by atoms with Crippen LogP contribution in [0.2, 0.25) is 0 Å². The van der Waals surface area contributed by atoms with Crippen molar-refractivity contribution in [3.63, 3.8) is 0 Å². The van der Waals surface area contributed by atoms with E-state index in [1.807, 2.05) is 12.1 Å². The molecule has 1 aliphatic carbocycles. The number of amides is 1. The Hall–Kier alpha value is -1.91. The Morgan fingerprint density at radius 1 is 1.39 bits per heavy atom.